The average Bonchev–Trinajstić information content (AvgIpc) is 3.12. The predicted octanol–water partition coefficient (Wildman–Crippen LogP) is 3.33. The number of nitrogens with zero attached hydrogens (tertiary/aromatic N) is 2. The number of hydrogen-bond acceptors (Lipinski definition) is 5. The van der Waals surface area contributed by atoms with Gasteiger partial charge in [0, 0.05) is 14.5 Å². The molecule has 2 aromatic rings. The summed E-state index contributed by atoms with van der Waals surface area (Å²) in [5.41, 5.74) is 5.59. The first kappa shape index (κ1) is 19.8. The van der Waals surface area contributed by atoms with Crippen LogP contribution in [0.2, 0.25) is 0 Å². The number of benzene rings is 2. The van der Waals surface area contributed by atoms with E-state index in [4.69, 9.17) is 18.0 Å². The molecule has 1 amide bonds. The minimum Gasteiger partial charge on any atom is -0.384 e. The second-order valence-electron chi connectivity index (χ2n) is 6.58. The number of nitrogens with one attached hydrogen (secondary N) is 1. The summed E-state index contributed by atoms with van der Waals surface area (Å²) in [5, 5.41) is 12.5. The molecule has 0 spiro atoms. The van der Waals surface area contributed by atoms with Gasteiger partial charge in [0.25, 0.3) is 5.91 Å². The first-order valence-electron chi connectivity index (χ1n) is 8.43. The molecule has 1 saturated heterocycles. The van der Waals surface area contributed by atoms with Crippen LogP contribution in [0.3, 0.4) is 0 Å². The van der Waals surface area contributed by atoms with E-state index < -0.39 is 17.4 Å². The number of carbonyl (C=O) groups is 2. The van der Waals surface area contributed by atoms with Crippen molar-refractivity contribution in [3.8, 4) is 6.07 Å². The Labute approximate surface area is 188 Å². The first-order valence-corrected chi connectivity index (χ1v) is 10.4. The van der Waals surface area contributed by atoms with E-state index in [1.165, 1.54) is 4.90 Å². The molecule has 2 atom stereocenters. The van der Waals surface area contributed by atoms with Crippen molar-refractivity contribution in [1.82, 2.24) is 10.2 Å². The van der Waals surface area contributed by atoms with Crippen molar-refractivity contribution in [3.63, 3.8) is 0 Å². The van der Waals surface area contributed by atoms with Crippen molar-refractivity contribution < 1.29 is 9.59 Å². The van der Waals surface area contributed by atoms with E-state index >= 15 is 0 Å². The van der Waals surface area contributed by atoms with Gasteiger partial charge in [0.15, 0.2) is 16.4 Å². The van der Waals surface area contributed by atoms with E-state index in [-0.39, 0.29) is 22.3 Å². The van der Waals surface area contributed by atoms with Gasteiger partial charge in [-0.2, -0.15) is 5.26 Å². The number of Topliss-reactive ketones (excluding diaryl/α,β-unsaturated/α-hetero) is 1. The number of ketones is 1. The highest BCUT2D eigenvalue weighted by Crippen LogP contribution is 2.51. The standard InChI is InChI=1S/C20H12Br2N4O2S/c21-12-5-1-10(2-6-12)16(27)15-14(9-23)17(24)26-19(29)25-18(28)20(15,26)11-3-7-13(22)8-4-11/h1-8,15H,24H2,(H,25,28,29). The number of nitriles is 1. The minimum absolute atomic E-state index is 0.00855. The second kappa shape index (κ2) is 7.06. The maximum absolute atomic E-state index is 13.6. The maximum Gasteiger partial charge on any atom is 0.258 e. The lowest BCUT2D eigenvalue weighted by molar-refractivity contribution is -0.127. The zero-order chi connectivity index (χ0) is 20.9. The molecule has 2 aliphatic rings. The summed E-state index contributed by atoms with van der Waals surface area (Å²) >= 11 is 12.0. The molecule has 2 unspecified atom stereocenters. The third-order valence-corrected chi connectivity index (χ3v) is 6.48. The molecule has 2 heterocycles. The summed E-state index contributed by atoms with van der Waals surface area (Å²) in [7, 11) is 0. The SMILES string of the molecule is N#CC1=C(N)N2C(=S)NC(=O)C2(c2ccc(Br)cc2)C1C(=O)c1ccc(Br)cc1. The molecule has 0 bridgehead atoms. The van der Waals surface area contributed by atoms with Crippen LogP contribution in [0.5, 0.6) is 0 Å². The fourth-order valence-electron chi connectivity index (χ4n) is 3.90. The van der Waals surface area contributed by atoms with E-state index in [0.717, 1.165) is 8.95 Å². The van der Waals surface area contributed by atoms with Crippen LogP contribution < -0.4 is 11.1 Å². The molecule has 2 aromatic carbocycles. The summed E-state index contributed by atoms with van der Waals surface area (Å²) in [5.74, 6) is -2.01. The van der Waals surface area contributed by atoms with Crippen molar-refractivity contribution in [1.29, 1.82) is 5.26 Å². The lowest BCUT2D eigenvalue weighted by Gasteiger charge is -2.35. The second-order valence-corrected chi connectivity index (χ2v) is 8.80. The van der Waals surface area contributed by atoms with E-state index in [2.05, 4.69) is 37.2 Å². The summed E-state index contributed by atoms with van der Waals surface area (Å²) in [6, 6.07) is 15.7. The van der Waals surface area contributed by atoms with Crippen molar-refractivity contribution >= 4 is 60.9 Å². The average molecular weight is 532 g/mol. The Morgan fingerprint density at radius 2 is 1.69 bits per heavy atom. The molecule has 0 aromatic heterocycles. The molecule has 3 N–H and O–H groups in total. The van der Waals surface area contributed by atoms with Crippen LogP contribution in [0.15, 0.2) is 68.9 Å². The van der Waals surface area contributed by atoms with Crippen LogP contribution >= 0.6 is 44.1 Å². The fourth-order valence-corrected chi connectivity index (χ4v) is 4.76. The lowest BCUT2D eigenvalue weighted by Crippen LogP contribution is -2.51. The molecule has 9 heteroatoms. The molecular weight excluding hydrogens is 520 g/mol. The predicted molar refractivity (Wildman–Crippen MR) is 117 cm³/mol. The number of rotatable bonds is 3. The van der Waals surface area contributed by atoms with Gasteiger partial charge in [0.2, 0.25) is 0 Å². The van der Waals surface area contributed by atoms with Crippen LogP contribution in [-0.2, 0) is 10.3 Å². The summed E-state index contributed by atoms with van der Waals surface area (Å²) < 4.78 is 1.61. The topological polar surface area (TPSA) is 99.2 Å². The largest absolute Gasteiger partial charge is 0.384 e. The van der Waals surface area contributed by atoms with Crippen molar-refractivity contribution in [2.75, 3.05) is 0 Å². The van der Waals surface area contributed by atoms with E-state index in [1.807, 2.05) is 6.07 Å². The van der Waals surface area contributed by atoms with Crippen molar-refractivity contribution in [2.24, 2.45) is 11.7 Å². The number of halogens is 2. The van der Waals surface area contributed by atoms with Crippen molar-refractivity contribution in [2.45, 2.75) is 5.54 Å². The van der Waals surface area contributed by atoms with Gasteiger partial charge in [-0.25, -0.2) is 0 Å². The number of amides is 1. The first-order chi connectivity index (χ1) is 13.8. The van der Waals surface area contributed by atoms with Gasteiger partial charge in [-0.15, -0.1) is 0 Å². The third-order valence-electron chi connectivity index (χ3n) is 5.14. The molecule has 1 fully saturated rings. The van der Waals surface area contributed by atoms with Crippen LogP contribution in [-0.4, -0.2) is 21.7 Å². The Bertz CT molecular complexity index is 1140. The fraction of sp³-hybridized carbons (Fsp3) is 0.100. The van der Waals surface area contributed by atoms with Crippen LogP contribution in [0, 0.1) is 17.2 Å². The molecular formula is C20H12Br2N4O2S. The normalized spacial score (nSPS) is 23.1. The van der Waals surface area contributed by atoms with Gasteiger partial charge in [0.05, 0.1) is 17.6 Å². The Balaban J connectivity index is 1.99. The lowest BCUT2D eigenvalue weighted by atomic mass is 9.72. The molecule has 144 valence electrons. The van der Waals surface area contributed by atoms with Crippen LogP contribution in [0.1, 0.15) is 15.9 Å². The molecule has 2 aliphatic heterocycles. The van der Waals surface area contributed by atoms with Gasteiger partial charge in [0.1, 0.15) is 5.82 Å². The number of nitrogens with two attached hydrogens (primary N) is 1. The van der Waals surface area contributed by atoms with Gasteiger partial charge in [-0.3, -0.25) is 14.5 Å². The van der Waals surface area contributed by atoms with Gasteiger partial charge in [-0.1, -0.05) is 56.1 Å². The highest BCUT2D eigenvalue weighted by atomic mass is 79.9. The Morgan fingerprint density at radius 1 is 1.14 bits per heavy atom. The molecule has 6 nitrogen and oxygen atoms in total. The monoisotopic (exact) mass is 530 g/mol. The van der Waals surface area contributed by atoms with Crippen molar-refractivity contribution in [3.05, 3.63) is 80.0 Å². The highest BCUT2D eigenvalue weighted by Gasteiger charge is 2.66. The van der Waals surface area contributed by atoms with Crippen LogP contribution in [0.25, 0.3) is 0 Å². The quantitative estimate of drug-likeness (QED) is 0.465. The Kier molecular flexibility index (Phi) is 4.81. The number of carbonyl (C=O) groups excluding carboxylic acids is 2. The summed E-state index contributed by atoms with van der Waals surface area (Å²) in [6.45, 7) is 0. The minimum atomic E-state index is -1.56. The molecule has 0 aliphatic carbocycles. The van der Waals surface area contributed by atoms with Gasteiger partial charge >= 0.3 is 0 Å². The smallest absolute Gasteiger partial charge is 0.258 e. The van der Waals surface area contributed by atoms with Gasteiger partial charge in [-0.05, 0) is 42.0 Å². The third kappa shape index (κ3) is 2.74. The maximum atomic E-state index is 13.6. The molecule has 0 saturated carbocycles. The highest BCUT2D eigenvalue weighted by molar-refractivity contribution is 9.10. The Hall–Kier alpha value is -2.54. The van der Waals surface area contributed by atoms with E-state index in [9.17, 15) is 14.9 Å². The summed E-state index contributed by atoms with van der Waals surface area (Å²) in [6.07, 6.45) is 0. The number of fused-ring (bicyclic) bond motifs is 1. The summed E-state index contributed by atoms with van der Waals surface area (Å²) in [4.78, 5) is 28.3. The van der Waals surface area contributed by atoms with Crippen LogP contribution in [0.4, 0.5) is 0 Å². The zero-order valence-electron chi connectivity index (χ0n) is 14.6. The molecule has 0 radical (unpaired) electrons. The Morgan fingerprint density at radius 3 is 2.24 bits per heavy atom. The zero-order valence-corrected chi connectivity index (χ0v) is 18.6. The van der Waals surface area contributed by atoms with Gasteiger partial charge < -0.3 is 11.1 Å². The number of hydrogen-bond donors (Lipinski definition) is 2. The van der Waals surface area contributed by atoms with E-state index in [0.29, 0.717) is 11.1 Å². The van der Waals surface area contributed by atoms with E-state index in [1.54, 1.807) is 48.5 Å². The number of thiocarbonyl (C=S) groups is 1. The molecule has 29 heavy (non-hydrogen) atoms. The molecule has 4 rings (SSSR count).